The Morgan fingerprint density at radius 2 is 1.84 bits per heavy atom. The normalized spacial score (nSPS) is 17.6. The van der Waals surface area contributed by atoms with Crippen LogP contribution in [0.25, 0.3) is 0 Å². The van der Waals surface area contributed by atoms with Crippen LogP contribution in [-0.2, 0) is 17.6 Å². The Morgan fingerprint density at radius 3 is 2.42 bits per heavy atom. The van der Waals surface area contributed by atoms with E-state index in [9.17, 15) is 9.90 Å². The van der Waals surface area contributed by atoms with Gasteiger partial charge in [0, 0.05) is 0 Å². The van der Waals surface area contributed by atoms with Crippen molar-refractivity contribution in [2.75, 3.05) is 14.1 Å². The fourth-order valence-corrected chi connectivity index (χ4v) is 2.91. The van der Waals surface area contributed by atoms with E-state index in [0.717, 1.165) is 18.4 Å². The number of carboxylic acids is 1. The minimum Gasteiger partial charge on any atom is -0.480 e. The molecule has 0 aliphatic heterocycles. The van der Waals surface area contributed by atoms with Gasteiger partial charge in [0.25, 0.3) is 0 Å². The number of fused-ring (bicyclic) bond motifs is 1. The molecule has 3 N–H and O–H groups in total. The van der Waals surface area contributed by atoms with Gasteiger partial charge in [-0.15, -0.1) is 0 Å². The molecule has 19 heavy (non-hydrogen) atoms. The molecule has 2 rings (SSSR count). The Hall–Kier alpha value is -1.39. The van der Waals surface area contributed by atoms with Gasteiger partial charge in [0.05, 0.1) is 6.04 Å². The quantitative estimate of drug-likeness (QED) is 0.752. The molecule has 0 bridgehead atoms. The molecular weight excluding hydrogens is 240 g/mol. The second kappa shape index (κ2) is 6.17. The zero-order chi connectivity index (χ0) is 13.8. The average molecular weight is 262 g/mol. The highest BCUT2D eigenvalue weighted by Crippen LogP contribution is 2.26. The number of hydrogen-bond acceptors (Lipinski definition) is 3. The molecule has 1 aromatic carbocycles. The summed E-state index contributed by atoms with van der Waals surface area (Å²) in [6.07, 6.45) is 4.75. The predicted molar refractivity (Wildman–Crippen MR) is 75.4 cm³/mol. The second-order valence-electron chi connectivity index (χ2n) is 5.11. The van der Waals surface area contributed by atoms with E-state index in [4.69, 9.17) is 0 Å². The molecule has 0 saturated carbocycles. The lowest BCUT2D eigenvalue weighted by Crippen LogP contribution is -2.44. The van der Waals surface area contributed by atoms with Gasteiger partial charge in [0.1, 0.15) is 6.04 Å². The van der Waals surface area contributed by atoms with Gasteiger partial charge in [0.2, 0.25) is 0 Å². The maximum atomic E-state index is 11.3. The number of nitrogens with one attached hydrogen (secondary N) is 2. The first-order valence-electron chi connectivity index (χ1n) is 6.86. The first-order valence-corrected chi connectivity index (χ1v) is 6.86. The summed E-state index contributed by atoms with van der Waals surface area (Å²) in [7, 11) is 3.49. The van der Waals surface area contributed by atoms with Crippen LogP contribution >= 0.6 is 0 Å². The molecule has 1 aromatic rings. The molecule has 2 atom stereocenters. The highest BCUT2D eigenvalue weighted by Gasteiger charge is 2.27. The molecule has 0 amide bonds. The summed E-state index contributed by atoms with van der Waals surface area (Å²) in [4.78, 5) is 11.3. The van der Waals surface area contributed by atoms with E-state index in [1.165, 1.54) is 24.0 Å². The zero-order valence-corrected chi connectivity index (χ0v) is 11.6. The Morgan fingerprint density at radius 1 is 1.16 bits per heavy atom. The molecule has 1 aliphatic rings. The van der Waals surface area contributed by atoms with Crippen LogP contribution in [0, 0.1) is 0 Å². The fourth-order valence-electron chi connectivity index (χ4n) is 2.91. The number of aryl methyl sites for hydroxylation is 2. The van der Waals surface area contributed by atoms with Crippen molar-refractivity contribution in [2.45, 2.75) is 37.8 Å². The van der Waals surface area contributed by atoms with E-state index in [1.54, 1.807) is 14.1 Å². The molecule has 0 aromatic heterocycles. The molecular formula is C15H22N2O2. The van der Waals surface area contributed by atoms with E-state index in [0.29, 0.717) is 0 Å². The van der Waals surface area contributed by atoms with Crippen LogP contribution in [0.3, 0.4) is 0 Å². The number of carboxylic acid groups (broad SMARTS) is 1. The molecule has 104 valence electrons. The SMILES string of the molecule is CNC(C(=O)O)C(NC)c1ccc2c(c1)CCCC2. The van der Waals surface area contributed by atoms with Crippen molar-refractivity contribution in [3.8, 4) is 0 Å². The van der Waals surface area contributed by atoms with Gasteiger partial charge >= 0.3 is 5.97 Å². The first-order chi connectivity index (χ1) is 9.17. The van der Waals surface area contributed by atoms with Crippen LogP contribution in [0.1, 0.15) is 35.6 Å². The average Bonchev–Trinajstić information content (AvgIpc) is 2.43. The molecule has 4 nitrogen and oxygen atoms in total. The first kappa shape index (κ1) is 14.0. The van der Waals surface area contributed by atoms with Crippen LogP contribution in [0.15, 0.2) is 18.2 Å². The monoisotopic (exact) mass is 262 g/mol. The summed E-state index contributed by atoms with van der Waals surface area (Å²) in [5, 5.41) is 15.3. The molecule has 0 heterocycles. The van der Waals surface area contributed by atoms with Gasteiger partial charge in [0.15, 0.2) is 0 Å². The zero-order valence-electron chi connectivity index (χ0n) is 11.6. The third-order valence-electron chi connectivity index (χ3n) is 3.95. The molecule has 0 spiro atoms. The summed E-state index contributed by atoms with van der Waals surface area (Å²) in [5.74, 6) is -0.834. The van der Waals surface area contributed by atoms with Crippen molar-refractivity contribution in [3.63, 3.8) is 0 Å². The number of benzene rings is 1. The maximum absolute atomic E-state index is 11.3. The Labute approximate surface area is 114 Å². The summed E-state index contributed by atoms with van der Waals surface area (Å²) in [6, 6.07) is 5.55. The van der Waals surface area contributed by atoms with E-state index < -0.39 is 12.0 Å². The lowest BCUT2D eigenvalue weighted by Gasteiger charge is -2.25. The predicted octanol–water partition coefficient (Wildman–Crippen LogP) is 1.50. The van der Waals surface area contributed by atoms with Crippen molar-refractivity contribution in [3.05, 3.63) is 34.9 Å². The van der Waals surface area contributed by atoms with Crippen molar-refractivity contribution >= 4 is 5.97 Å². The number of likely N-dealkylation sites (N-methyl/N-ethyl adjacent to an activating group) is 2. The van der Waals surface area contributed by atoms with Crippen molar-refractivity contribution in [1.29, 1.82) is 0 Å². The fraction of sp³-hybridized carbons (Fsp3) is 0.533. The van der Waals surface area contributed by atoms with Gasteiger partial charge in [-0.3, -0.25) is 4.79 Å². The smallest absolute Gasteiger partial charge is 0.322 e. The maximum Gasteiger partial charge on any atom is 0.322 e. The molecule has 1 aliphatic carbocycles. The third kappa shape index (κ3) is 2.96. The third-order valence-corrected chi connectivity index (χ3v) is 3.95. The number of hydrogen-bond donors (Lipinski definition) is 3. The van der Waals surface area contributed by atoms with E-state index >= 15 is 0 Å². The van der Waals surface area contributed by atoms with Gasteiger partial charge in [-0.25, -0.2) is 0 Å². The summed E-state index contributed by atoms with van der Waals surface area (Å²) in [6.45, 7) is 0. The Balaban J connectivity index is 2.30. The van der Waals surface area contributed by atoms with Crippen LogP contribution in [0.5, 0.6) is 0 Å². The Bertz CT molecular complexity index is 459. The number of aliphatic carboxylic acids is 1. The molecule has 0 radical (unpaired) electrons. The van der Waals surface area contributed by atoms with Gasteiger partial charge in [-0.2, -0.15) is 0 Å². The van der Waals surface area contributed by atoms with Crippen LogP contribution in [0.2, 0.25) is 0 Å². The van der Waals surface area contributed by atoms with E-state index in [1.807, 2.05) is 0 Å². The molecule has 2 unspecified atom stereocenters. The van der Waals surface area contributed by atoms with Gasteiger partial charge in [-0.1, -0.05) is 18.2 Å². The highest BCUT2D eigenvalue weighted by molar-refractivity contribution is 5.74. The number of carbonyl (C=O) groups is 1. The lowest BCUT2D eigenvalue weighted by molar-refractivity contribution is -0.140. The van der Waals surface area contributed by atoms with Gasteiger partial charge in [-0.05, 0) is 56.5 Å². The topological polar surface area (TPSA) is 61.4 Å². The van der Waals surface area contributed by atoms with E-state index in [-0.39, 0.29) is 6.04 Å². The van der Waals surface area contributed by atoms with Crippen LogP contribution in [-0.4, -0.2) is 31.2 Å². The Kier molecular flexibility index (Phi) is 4.56. The minimum atomic E-state index is -0.834. The van der Waals surface area contributed by atoms with Crippen LogP contribution < -0.4 is 10.6 Å². The van der Waals surface area contributed by atoms with Crippen molar-refractivity contribution < 1.29 is 9.90 Å². The van der Waals surface area contributed by atoms with Crippen molar-refractivity contribution in [1.82, 2.24) is 10.6 Å². The van der Waals surface area contributed by atoms with Crippen LogP contribution in [0.4, 0.5) is 0 Å². The molecule has 0 fully saturated rings. The van der Waals surface area contributed by atoms with Gasteiger partial charge < -0.3 is 15.7 Å². The van der Waals surface area contributed by atoms with Crippen molar-refractivity contribution in [2.24, 2.45) is 0 Å². The number of rotatable bonds is 5. The lowest BCUT2D eigenvalue weighted by atomic mass is 9.88. The summed E-state index contributed by atoms with van der Waals surface area (Å²) < 4.78 is 0. The largest absolute Gasteiger partial charge is 0.480 e. The standard InChI is InChI=1S/C15H22N2O2/c1-16-13(14(17-2)15(18)19)12-8-7-10-5-3-4-6-11(10)9-12/h7-9,13-14,16-17H,3-6H2,1-2H3,(H,18,19). The highest BCUT2D eigenvalue weighted by atomic mass is 16.4. The summed E-state index contributed by atoms with van der Waals surface area (Å²) >= 11 is 0. The van der Waals surface area contributed by atoms with E-state index in [2.05, 4.69) is 28.8 Å². The molecule has 4 heteroatoms. The molecule has 0 saturated heterocycles. The second-order valence-corrected chi connectivity index (χ2v) is 5.11. The minimum absolute atomic E-state index is 0.213. The summed E-state index contributed by atoms with van der Waals surface area (Å²) in [5.41, 5.74) is 3.84.